The summed E-state index contributed by atoms with van der Waals surface area (Å²) in [5.41, 5.74) is 0. The number of hydrogen-bond donors (Lipinski definition) is 1. The Hall–Kier alpha value is -0.450. The van der Waals surface area contributed by atoms with Gasteiger partial charge in [-0.05, 0) is 0 Å². The van der Waals surface area contributed by atoms with E-state index >= 15 is 0 Å². The Morgan fingerprint density at radius 1 is 1.57 bits per heavy atom. The molecule has 0 aliphatic heterocycles. The third kappa shape index (κ3) is 3.74. The Morgan fingerprint density at radius 3 is 2.93 bits per heavy atom. The van der Waals surface area contributed by atoms with Gasteiger partial charge in [0.15, 0.2) is 0 Å². The van der Waals surface area contributed by atoms with Crippen LogP contribution in [0.2, 0.25) is 0 Å². The summed E-state index contributed by atoms with van der Waals surface area (Å²) in [5.74, 6) is 0.535. The van der Waals surface area contributed by atoms with Crippen LogP contribution in [0.25, 0.3) is 0 Å². The molecule has 0 aliphatic rings. The molecule has 0 saturated carbocycles. The molecule has 4 heteroatoms. The predicted molar refractivity (Wildman–Crippen MR) is 59.8 cm³/mol. The number of thiazole rings is 1. The highest BCUT2D eigenvalue weighted by Gasteiger charge is 2.04. The van der Waals surface area contributed by atoms with Crippen LogP contribution in [0, 0.1) is 0 Å². The number of aromatic nitrogens is 1. The van der Waals surface area contributed by atoms with E-state index < -0.39 is 0 Å². The van der Waals surface area contributed by atoms with Crippen LogP contribution in [0.4, 0.5) is 0 Å². The highest BCUT2D eigenvalue weighted by molar-refractivity contribution is 7.11. The average Bonchev–Trinajstić information content (AvgIpc) is 2.61. The Kier molecular flexibility index (Phi) is 5.07. The topological polar surface area (TPSA) is 34.1 Å². The number of ether oxygens (including phenoxy) is 1. The van der Waals surface area contributed by atoms with Gasteiger partial charge in [0.2, 0.25) is 0 Å². The number of methoxy groups -OCH3 is 1. The predicted octanol–water partition coefficient (Wildman–Crippen LogP) is 2.00. The lowest BCUT2D eigenvalue weighted by Crippen LogP contribution is -2.17. The van der Waals surface area contributed by atoms with Gasteiger partial charge in [-0.3, -0.25) is 0 Å². The summed E-state index contributed by atoms with van der Waals surface area (Å²) >= 11 is 1.78. The fourth-order valence-corrected chi connectivity index (χ4v) is 1.95. The standard InChI is InChI=1S/C10H18N2OS/c1-8(2)10-12-7-9(14-10)6-11-4-5-13-3/h7-8,11H,4-6H2,1-3H3. The lowest BCUT2D eigenvalue weighted by Gasteiger charge is -2.00. The minimum absolute atomic E-state index is 0.535. The summed E-state index contributed by atoms with van der Waals surface area (Å²) in [5, 5.41) is 4.52. The van der Waals surface area contributed by atoms with Crippen molar-refractivity contribution < 1.29 is 4.74 Å². The molecule has 1 aromatic heterocycles. The van der Waals surface area contributed by atoms with Crippen molar-refractivity contribution in [2.24, 2.45) is 0 Å². The average molecular weight is 214 g/mol. The van der Waals surface area contributed by atoms with Crippen molar-refractivity contribution in [1.29, 1.82) is 0 Å². The van der Waals surface area contributed by atoms with Gasteiger partial charge in [-0.2, -0.15) is 0 Å². The number of nitrogens with one attached hydrogen (secondary N) is 1. The molecule has 0 fully saturated rings. The van der Waals surface area contributed by atoms with E-state index in [0.717, 1.165) is 19.7 Å². The monoisotopic (exact) mass is 214 g/mol. The van der Waals surface area contributed by atoms with E-state index in [0.29, 0.717) is 5.92 Å². The first-order valence-corrected chi connectivity index (χ1v) is 5.70. The highest BCUT2D eigenvalue weighted by Crippen LogP contribution is 2.20. The number of nitrogens with zero attached hydrogens (tertiary/aromatic N) is 1. The smallest absolute Gasteiger partial charge is 0.0953 e. The summed E-state index contributed by atoms with van der Waals surface area (Å²) in [6.45, 7) is 6.89. The molecule has 1 heterocycles. The molecule has 0 amide bonds. The molecule has 0 bridgehead atoms. The second kappa shape index (κ2) is 6.11. The minimum atomic E-state index is 0.535. The molecule has 1 N–H and O–H groups in total. The molecular formula is C10H18N2OS. The largest absolute Gasteiger partial charge is 0.383 e. The van der Waals surface area contributed by atoms with Crippen molar-refractivity contribution in [2.45, 2.75) is 26.3 Å². The zero-order valence-corrected chi connectivity index (χ0v) is 9.86. The van der Waals surface area contributed by atoms with E-state index in [9.17, 15) is 0 Å². The molecule has 80 valence electrons. The van der Waals surface area contributed by atoms with Gasteiger partial charge in [0.1, 0.15) is 0 Å². The summed E-state index contributed by atoms with van der Waals surface area (Å²) in [6, 6.07) is 0. The highest BCUT2D eigenvalue weighted by atomic mass is 32.1. The maximum atomic E-state index is 4.95. The number of hydrogen-bond acceptors (Lipinski definition) is 4. The molecular weight excluding hydrogens is 196 g/mol. The van der Waals surface area contributed by atoms with E-state index in [1.807, 2.05) is 6.20 Å². The first-order chi connectivity index (χ1) is 6.74. The van der Waals surface area contributed by atoms with Gasteiger partial charge in [0.25, 0.3) is 0 Å². The third-order valence-electron chi connectivity index (χ3n) is 1.85. The van der Waals surface area contributed by atoms with Crippen LogP contribution in [0.5, 0.6) is 0 Å². The summed E-state index contributed by atoms with van der Waals surface area (Å²) < 4.78 is 4.95. The van der Waals surface area contributed by atoms with Crippen molar-refractivity contribution in [3.63, 3.8) is 0 Å². The zero-order chi connectivity index (χ0) is 10.4. The van der Waals surface area contributed by atoms with Gasteiger partial charge in [-0.15, -0.1) is 11.3 Å². The van der Waals surface area contributed by atoms with Gasteiger partial charge in [0, 0.05) is 37.2 Å². The Morgan fingerprint density at radius 2 is 2.36 bits per heavy atom. The van der Waals surface area contributed by atoms with Crippen LogP contribution < -0.4 is 5.32 Å². The van der Waals surface area contributed by atoms with Gasteiger partial charge >= 0.3 is 0 Å². The van der Waals surface area contributed by atoms with Crippen LogP contribution >= 0.6 is 11.3 Å². The molecule has 0 atom stereocenters. The summed E-state index contributed by atoms with van der Waals surface area (Å²) in [4.78, 5) is 5.66. The minimum Gasteiger partial charge on any atom is -0.383 e. The molecule has 0 aliphatic carbocycles. The van der Waals surface area contributed by atoms with E-state index in [-0.39, 0.29) is 0 Å². The maximum absolute atomic E-state index is 4.95. The SMILES string of the molecule is COCCNCc1cnc(C(C)C)s1. The van der Waals surface area contributed by atoms with Crippen LogP contribution in [0.3, 0.4) is 0 Å². The zero-order valence-electron chi connectivity index (χ0n) is 9.04. The van der Waals surface area contributed by atoms with E-state index in [4.69, 9.17) is 4.74 Å². The maximum Gasteiger partial charge on any atom is 0.0953 e. The second-order valence-electron chi connectivity index (χ2n) is 3.49. The first kappa shape index (κ1) is 11.6. The van der Waals surface area contributed by atoms with Crippen molar-refractivity contribution in [3.05, 3.63) is 16.1 Å². The van der Waals surface area contributed by atoms with Gasteiger partial charge in [0.05, 0.1) is 11.6 Å². The third-order valence-corrected chi connectivity index (χ3v) is 3.15. The fourth-order valence-electron chi connectivity index (χ4n) is 1.06. The molecule has 3 nitrogen and oxygen atoms in total. The van der Waals surface area contributed by atoms with Gasteiger partial charge in [-0.1, -0.05) is 13.8 Å². The summed E-state index contributed by atoms with van der Waals surface area (Å²) in [6.07, 6.45) is 1.96. The van der Waals surface area contributed by atoms with Gasteiger partial charge in [-0.25, -0.2) is 4.98 Å². The van der Waals surface area contributed by atoms with Crippen LogP contribution in [0.1, 0.15) is 29.7 Å². The first-order valence-electron chi connectivity index (χ1n) is 4.88. The Balaban J connectivity index is 2.29. The van der Waals surface area contributed by atoms with Crippen molar-refractivity contribution in [3.8, 4) is 0 Å². The van der Waals surface area contributed by atoms with E-state index in [1.165, 1.54) is 9.88 Å². The molecule has 0 radical (unpaired) electrons. The Labute approximate surface area is 89.5 Å². The molecule has 0 saturated heterocycles. The quantitative estimate of drug-likeness (QED) is 0.735. The lowest BCUT2D eigenvalue weighted by molar-refractivity contribution is 0.199. The van der Waals surface area contributed by atoms with Crippen molar-refractivity contribution in [1.82, 2.24) is 10.3 Å². The second-order valence-corrected chi connectivity index (χ2v) is 4.64. The van der Waals surface area contributed by atoms with E-state index in [1.54, 1.807) is 18.4 Å². The van der Waals surface area contributed by atoms with Crippen molar-refractivity contribution >= 4 is 11.3 Å². The normalized spacial score (nSPS) is 11.1. The van der Waals surface area contributed by atoms with Gasteiger partial charge < -0.3 is 10.1 Å². The fraction of sp³-hybridized carbons (Fsp3) is 0.700. The molecule has 14 heavy (non-hydrogen) atoms. The van der Waals surface area contributed by atoms with Crippen LogP contribution in [-0.4, -0.2) is 25.2 Å². The lowest BCUT2D eigenvalue weighted by atomic mass is 10.2. The molecule has 1 aromatic rings. The molecule has 1 rings (SSSR count). The number of rotatable bonds is 6. The van der Waals surface area contributed by atoms with Crippen LogP contribution in [-0.2, 0) is 11.3 Å². The Bertz CT molecular complexity index is 260. The molecule has 0 aromatic carbocycles. The van der Waals surface area contributed by atoms with Crippen LogP contribution in [0.15, 0.2) is 6.20 Å². The molecule has 0 spiro atoms. The van der Waals surface area contributed by atoms with Crippen molar-refractivity contribution in [2.75, 3.05) is 20.3 Å². The molecule has 0 unspecified atom stereocenters. The van der Waals surface area contributed by atoms with E-state index in [2.05, 4.69) is 24.1 Å². The summed E-state index contributed by atoms with van der Waals surface area (Å²) in [7, 11) is 1.71.